The quantitative estimate of drug-likeness (QED) is 0.160. The van der Waals surface area contributed by atoms with Crippen LogP contribution >= 0.6 is 0 Å². The summed E-state index contributed by atoms with van der Waals surface area (Å²) in [5.74, 6) is 0. The molecule has 0 aromatic rings. The van der Waals surface area contributed by atoms with Crippen molar-refractivity contribution in [1.29, 1.82) is 0 Å². The summed E-state index contributed by atoms with van der Waals surface area (Å²) in [5, 5.41) is 0. The summed E-state index contributed by atoms with van der Waals surface area (Å²) in [4.78, 5) is 0. The lowest BCUT2D eigenvalue weighted by atomic mass is 9.49. The molecule has 196 valence electrons. The van der Waals surface area contributed by atoms with E-state index in [1.165, 1.54) is 109 Å². The van der Waals surface area contributed by atoms with Gasteiger partial charge in [0.05, 0.1) is 0 Å². The average Bonchev–Trinajstić information content (AvgIpc) is 3.57. The zero-order valence-corrected chi connectivity index (χ0v) is 23.7. The molecular formula is C36H52. The van der Waals surface area contributed by atoms with Gasteiger partial charge in [-0.2, -0.15) is 0 Å². The molecule has 0 bridgehead atoms. The lowest BCUT2D eigenvalue weighted by molar-refractivity contribution is 0.254. The number of hydrogen-bond donors (Lipinski definition) is 0. The maximum Gasteiger partial charge on any atom is 0.0475 e. The standard InChI is InChI=1S/C36H52/c1-4-7-10-12-17-28-36(32-23-24-32)34(31-21-18-22-31)33(30-19-13-14-20-30)25-29-35(36,26-15-9-6-3)27-16-11-8-5-2/h15-17,19,21,23,26-28H,4-14,18,20,22,24-25,29H2,1-3H3. The van der Waals surface area contributed by atoms with E-state index in [1.54, 1.807) is 27.9 Å². The van der Waals surface area contributed by atoms with E-state index in [9.17, 15) is 0 Å². The smallest absolute Gasteiger partial charge is 0.0475 e. The van der Waals surface area contributed by atoms with Gasteiger partial charge in [0.2, 0.25) is 0 Å². The average molecular weight is 485 g/mol. The van der Waals surface area contributed by atoms with Crippen LogP contribution in [0.2, 0.25) is 0 Å². The summed E-state index contributed by atoms with van der Waals surface area (Å²) in [6, 6.07) is 0. The minimum atomic E-state index is -0.00453. The molecule has 0 saturated carbocycles. The first kappa shape index (κ1) is 27.2. The van der Waals surface area contributed by atoms with Crippen LogP contribution in [0.1, 0.15) is 130 Å². The zero-order valence-electron chi connectivity index (χ0n) is 23.7. The number of rotatable bonds is 15. The Morgan fingerprint density at radius 1 is 0.694 bits per heavy atom. The fourth-order valence-electron chi connectivity index (χ4n) is 6.86. The molecule has 0 aliphatic heterocycles. The topological polar surface area (TPSA) is 0 Å². The second-order valence-electron chi connectivity index (χ2n) is 11.7. The highest BCUT2D eigenvalue weighted by Gasteiger charge is 2.56. The molecule has 0 N–H and O–H groups in total. The Balaban J connectivity index is 1.90. The van der Waals surface area contributed by atoms with Gasteiger partial charge < -0.3 is 0 Å². The Kier molecular flexibility index (Phi) is 9.92. The van der Waals surface area contributed by atoms with E-state index in [4.69, 9.17) is 0 Å². The minimum Gasteiger partial charge on any atom is -0.0876 e. The Morgan fingerprint density at radius 2 is 1.42 bits per heavy atom. The van der Waals surface area contributed by atoms with Crippen LogP contribution in [-0.2, 0) is 0 Å². The predicted octanol–water partition coefficient (Wildman–Crippen LogP) is 11.4. The van der Waals surface area contributed by atoms with Crippen molar-refractivity contribution in [2.75, 3.05) is 0 Å². The highest BCUT2D eigenvalue weighted by Crippen LogP contribution is 2.67. The van der Waals surface area contributed by atoms with Crippen molar-refractivity contribution in [2.45, 2.75) is 130 Å². The molecule has 0 radical (unpaired) electrons. The van der Waals surface area contributed by atoms with E-state index in [0.717, 1.165) is 0 Å². The molecule has 0 nitrogen and oxygen atoms in total. The lowest BCUT2D eigenvalue weighted by Crippen LogP contribution is -2.44. The van der Waals surface area contributed by atoms with E-state index in [0.29, 0.717) is 0 Å². The van der Waals surface area contributed by atoms with Crippen LogP contribution in [0.15, 0.2) is 82.5 Å². The van der Waals surface area contributed by atoms with Crippen molar-refractivity contribution in [3.05, 3.63) is 82.5 Å². The Hall–Kier alpha value is -1.82. The van der Waals surface area contributed by atoms with Crippen LogP contribution in [0.5, 0.6) is 0 Å². The van der Waals surface area contributed by atoms with Gasteiger partial charge in [0, 0.05) is 10.8 Å². The molecule has 0 amide bonds. The zero-order chi connectivity index (χ0) is 25.3. The fraction of sp³-hybridized carbons (Fsp3) is 0.611. The lowest BCUT2D eigenvalue weighted by Gasteiger charge is -2.53. The van der Waals surface area contributed by atoms with Gasteiger partial charge in [-0.15, -0.1) is 0 Å². The van der Waals surface area contributed by atoms with Crippen LogP contribution in [0.3, 0.4) is 0 Å². The van der Waals surface area contributed by atoms with Gasteiger partial charge in [-0.05, 0) is 99.3 Å². The molecule has 0 fully saturated rings. The molecule has 0 heterocycles. The summed E-state index contributed by atoms with van der Waals surface area (Å²) in [6.45, 7) is 6.95. The predicted molar refractivity (Wildman–Crippen MR) is 159 cm³/mol. The number of unbranched alkanes of at least 4 members (excludes halogenated alkanes) is 6. The minimum absolute atomic E-state index is 0.00453. The van der Waals surface area contributed by atoms with Gasteiger partial charge in [0.1, 0.15) is 0 Å². The highest BCUT2D eigenvalue weighted by molar-refractivity contribution is 5.64. The first-order chi connectivity index (χ1) is 17.7. The molecule has 4 aliphatic rings. The monoisotopic (exact) mass is 484 g/mol. The van der Waals surface area contributed by atoms with Crippen LogP contribution in [0.25, 0.3) is 0 Å². The third-order valence-corrected chi connectivity index (χ3v) is 9.04. The molecule has 0 saturated heterocycles. The van der Waals surface area contributed by atoms with Gasteiger partial charge >= 0.3 is 0 Å². The van der Waals surface area contributed by atoms with E-state index in [1.807, 2.05) is 0 Å². The normalized spacial score (nSPS) is 28.2. The first-order valence-corrected chi connectivity index (χ1v) is 15.6. The first-order valence-electron chi connectivity index (χ1n) is 15.6. The summed E-state index contributed by atoms with van der Waals surface area (Å²) in [6.07, 6.45) is 44.8. The van der Waals surface area contributed by atoms with Crippen LogP contribution in [0.4, 0.5) is 0 Å². The summed E-state index contributed by atoms with van der Waals surface area (Å²) in [7, 11) is 0. The Bertz CT molecular complexity index is 958. The van der Waals surface area contributed by atoms with Crippen molar-refractivity contribution < 1.29 is 0 Å². The van der Waals surface area contributed by atoms with Gasteiger partial charge in [-0.25, -0.2) is 0 Å². The largest absolute Gasteiger partial charge is 0.0876 e. The van der Waals surface area contributed by atoms with Gasteiger partial charge in [-0.3, -0.25) is 0 Å². The van der Waals surface area contributed by atoms with Crippen molar-refractivity contribution in [3.8, 4) is 0 Å². The molecule has 0 heteroatoms. The van der Waals surface area contributed by atoms with E-state index in [2.05, 4.69) is 75.5 Å². The molecule has 2 unspecified atom stereocenters. The van der Waals surface area contributed by atoms with Crippen LogP contribution < -0.4 is 0 Å². The Labute approximate surface area is 223 Å². The molecule has 0 aromatic heterocycles. The molecular weight excluding hydrogens is 432 g/mol. The van der Waals surface area contributed by atoms with Crippen LogP contribution in [0, 0.1) is 10.8 Å². The summed E-state index contributed by atoms with van der Waals surface area (Å²) in [5.41, 5.74) is 8.54. The van der Waals surface area contributed by atoms with E-state index < -0.39 is 0 Å². The highest BCUT2D eigenvalue weighted by atomic mass is 14.6. The molecule has 0 spiro atoms. The van der Waals surface area contributed by atoms with E-state index >= 15 is 0 Å². The molecule has 36 heavy (non-hydrogen) atoms. The second kappa shape index (κ2) is 13.1. The molecule has 2 atom stereocenters. The summed E-state index contributed by atoms with van der Waals surface area (Å²) < 4.78 is 0. The second-order valence-corrected chi connectivity index (χ2v) is 11.7. The van der Waals surface area contributed by atoms with Crippen LogP contribution in [-0.4, -0.2) is 0 Å². The molecule has 0 aromatic carbocycles. The third kappa shape index (κ3) is 5.69. The number of allylic oxidation sites excluding steroid dienone is 14. The Morgan fingerprint density at radius 3 is 2.03 bits per heavy atom. The van der Waals surface area contributed by atoms with E-state index in [-0.39, 0.29) is 10.8 Å². The maximum absolute atomic E-state index is 2.73. The third-order valence-electron chi connectivity index (χ3n) is 9.04. The molecule has 4 aliphatic carbocycles. The van der Waals surface area contributed by atoms with Gasteiger partial charge in [0.25, 0.3) is 0 Å². The van der Waals surface area contributed by atoms with Crippen molar-refractivity contribution in [3.63, 3.8) is 0 Å². The maximum atomic E-state index is 2.73. The van der Waals surface area contributed by atoms with Crippen molar-refractivity contribution in [2.24, 2.45) is 10.8 Å². The SMILES string of the molecule is CCCC=CC1(C=CCCCC)CCC(C2=CCCC2)=C(C2=CCC2)C1(C=CCCCCC)C1=CC1. The van der Waals surface area contributed by atoms with Crippen molar-refractivity contribution >= 4 is 0 Å². The fourth-order valence-corrected chi connectivity index (χ4v) is 6.86. The van der Waals surface area contributed by atoms with Crippen molar-refractivity contribution in [1.82, 2.24) is 0 Å². The summed E-state index contributed by atoms with van der Waals surface area (Å²) >= 11 is 0. The van der Waals surface area contributed by atoms with Gasteiger partial charge in [0.15, 0.2) is 0 Å². The molecule has 4 rings (SSSR count). The number of hydrogen-bond acceptors (Lipinski definition) is 0. The van der Waals surface area contributed by atoms with Gasteiger partial charge in [-0.1, -0.05) is 113 Å².